The third kappa shape index (κ3) is 5.86. The molecule has 2 aromatic rings. The number of amides is 1. The molecule has 26 heavy (non-hydrogen) atoms. The minimum absolute atomic E-state index is 0.0759. The Bertz CT molecular complexity index is 802. The molecule has 1 N–H and O–H groups in total. The molecule has 7 heteroatoms. The van der Waals surface area contributed by atoms with Crippen LogP contribution in [-0.2, 0) is 14.3 Å². The van der Waals surface area contributed by atoms with Crippen LogP contribution in [0.5, 0.6) is 0 Å². The largest absolute Gasteiger partial charge is 0.452 e. The molecule has 0 aliphatic heterocycles. The standard InChI is InChI=1S/C19H16Cl2FNO3/c1-12(13-5-7-14(20)8-6-13)23-18(24)11-26-19(25)10-9-15-16(21)3-2-4-17(15)22/h2-10,12H,11H2,1H3,(H,23,24)/b10-9+/t12-/m1/s1. The van der Waals surface area contributed by atoms with E-state index in [-0.39, 0.29) is 16.6 Å². The maximum absolute atomic E-state index is 13.6. The van der Waals surface area contributed by atoms with Crippen LogP contribution in [-0.4, -0.2) is 18.5 Å². The summed E-state index contributed by atoms with van der Waals surface area (Å²) in [6, 6.07) is 10.9. The molecule has 2 aromatic carbocycles. The lowest BCUT2D eigenvalue weighted by Crippen LogP contribution is -2.30. The van der Waals surface area contributed by atoms with Crippen molar-refractivity contribution in [3.8, 4) is 0 Å². The van der Waals surface area contributed by atoms with Gasteiger partial charge in [0.2, 0.25) is 0 Å². The number of hydrogen-bond acceptors (Lipinski definition) is 3. The van der Waals surface area contributed by atoms with E-state index in [1.807, 2.05) is 0 Å². The van der Waals surface area contributed by atoms with Crippen LogP contribution in [0.1, 0.15) is 24.1 Å². The van der Waals surface area contributed by atoms with Gasteiger partial charge in [0.1, 0.15) is 5.82 Å². The summed E-state index contributed by atoms with van der Waals surface area (Å²) >= 11 is 11.7. The Morgan fingerprint density at radius 3 is 2.54 bits per heavy atom. The summed E-state index contributed by atoms with van der Waals surface area (Å²) in [6.45, 7) is 1.34. The van der Waals surface area contributed by atoms with Crippen molar-refractivity contribution in [2.45, 2.75) is 13.0 Å². The van der Waals surface area contributed by atoms with Gasteiger partial charge in [0.15, 0.2) is 6.61 Å². The van der Waals surface area contributed by atoms with Crippen molar-refractivity contribution in [3.05, 3.63) is 75.5 Å². The molecule has 0 unspecified atom stereocenters. The molecule has 0 aromatic heterocycles. The molecule has 0 saturated heterocycles. The Balaban J connectivity index is 1.84. The summed E-state index contributed by atoms with van der Waals surface area (Å²) in [5.74, 6) is -1.80. The molecule has 0 bridgehead atoms. The van der Waals surface area contributed by atoms with Crippen molar-refractivity contribution < 1.29 is 18.7 Å². The number of benzene rings is 2. The molecule has 0 radical (unpaired) electrons. The first-order valence-corrected chi connectivity index (χ1v) is 8.46. The van der Waals surface area contributed by atoms with Gasteiger partial charge >= 0.3 is 5.97 Å². The van der Waals surface area contributed by atoms with Gasteiger partial charge < -0.3 is 10.1 Å². The van der Waals surface area contributed by atoms with E-state index in [2.05, 4.69) is 5.32 Å². The zero-order valence-electron chi connectivity index (χ0n) is 13.8. The normalized spacial score (nSPS) is 12.0. The molecule has 0 fully saturated rings. The summed E-state index contributed by atoms with van der Waals surface area (Å²) in [5, 5.41) is 3.47. The molecule has 0 heterocycles. The van der Waals surface area contributed by atoms with Crippen LogP contribution in [0.25, 0.3) is 6.08 Å². The van der Waals surface area contributed by atoms with Crippen LogP contribution in [0, 0.1) is 5.82 Å². The summed E-state index contributed by atoms with van der Waals surface area (Å²) in [4.78, 5) is 23.5. The van der Waals surface area contributed by atoms with Crippen molar-refractivity contribution in [1.29, 1.82) is 0 Å². The number of halogens is 3. The van der Waals surface area contributed by atoms with E-state index in [9.17, 15) is 14.0 Å². The molecule has 136 valence electrons. The SMILES string of the molecule is C[C@@H](NC(=O)COC(=O)/C=C/c1c(F)cccc1Cl)c1ccc(Cl)cc1. The first kappa shape index (κ1) is 19.9. The van der Waals surface area contributed by atoms with Gasteiger partial charge in [-0.2, -0.15) is 0 Å². The Morgan fingerprint density at radius 1 is 1.19 bits per heavy atom. The second-order valence-electron chi connectivity index (χ2n) is 5.42. The van der Waals surface area contributed by atoms with Gasteiger partial charge in [-0.1, -0.05) is 41.4 Å². The fourth-order valence-electron chi connectivity index (χ4n) is 2.12. The number of rotatable bonds is 6. The molecule has 0 aliphatic carbocycles. The van der Waals surface area contributed by atoms with Gasteiger partial charge in [-0.05, 0) is 42.8 Å². The summed E-state index contributed by atoms with van der Waals surface area (Å²) in [6.07, 6.45) is 2.22. The molecule has 2 rings (SSSR count). The summed E-state index contributed by atoms with van der Waals surface area (Å²) in [5.41, 5.74) is 0.940. The first-order chi connectivity index (χ1) is 12.4. The van der Waals surface area contributed by atoms with Crippen molar-refractivity contribution in [2.75, 3.05) is 6.61 Å². The molecule has 1 atom stereocenters. The number of hydrogen-bond donors (Lipinski definition) is 1. The van der Waals surface area contributed by atoms with Gasteiger partial charge in [0, 0.05) is 16.7 Å². The van der Waals surface area contributed by atoms with Crippen LogP contribution in [0.3, 0.4) is 0 Å². The zero-order valence-corrected chi connectivity index (χ0v) is 15.4. The lowest BCUT2D eigenvalue weighted by molar-refractivity contribution is -0.144. The monoisotopic (exact) mass is 395 g/mol. The van der Waals surface area contributed by atoms with Crippen LogP contribution in [0.15, 0.2) is 48.5 Å². The van der Waals surface area contributed by atoms with Crippen molar-refractivity contribution in [2.24, 2.45) is 0 Å². The van der Waals surface area contributed by atoms with Gasteiger partial charge in [-0.3, -0.25) is 4.79 Å². The fourth-order valence-corrected chi connectivity index (χ4v) is 2.48. The third-order valence-electron chi connectivity index (χ3n) is 3.48. The maximum atomic E-state index is 13.6. The minimum atomic E-state index is -0.779. The summed E-state index contributed by atoms with van der Waals surface area (Å²) in [7, 11) is 0. The average Bonchev–Trinajstić information content (AvgIpc) is 2.60. The van der Waals surface area contributed by atoms with Gasteiger partial charge in [-0.25, -0.2) is 9.18 Å². The number of carbonyl (C=O) groups is 2. The number of carbonyl (C=O) groups excluding carboxylic acids is 2. The van der Waals surface area contributed by atoms with E-state index in [0.717, 1.165) is 11.6 Å². The second kappa shape index (κ2) is 9.36. The van der Waals surface area contributed by atoms with Gasteiger partial charge in [0.05, 0.1) is 11.1 Å². The van der Waals surface area contributed by atoms with Crippen molar-refractivity contribution in [1.82, 2.24) is 5.32 Å². The van der Waals surface area contributed by atoms with Crippen LogP contribution in [0.4, 0.5) is 4.39 Å². The molecular formula is C19H16Cl2FNO3. The van der Waals surface area contributed by atoms with Crippen LogP contribution < -0.4 is 5.32 Å². The van der Waals surface area contributed by atoms with Crippen LogP contribution >= 0.6 is 23.2 Å². The Labute approximate surface area is 160 Å². The second-order valence-corrected chi connectivity index (χ2v) is 6.26. The smallest absolute Gasteiger partial charge is 0.331 e. The molecule has 4 nitrogen and oxygen atoms in total. The predicted molar refractivity (Wildman–Crippen MR) is 99.4 cm³/mol. The Hall–Kier alpha value is -2.37. The van der Waals surface area contributed by atoms with E-state index in [0.29, 0.717) is 5.02 Å². The summed E-state index contributed by atoms with van der Waals surface area (Å²) < 4.78 is 18.4. The zero-order chi connectivity index (χ0) is 19.1. The molecular weight excluding hydrogens is 380 g/mol. The van der Waals surface area contributed by atoms with E-state index in [1.165, 1.54) is 24.3 Å². The lowest BCUT2D eigenvalue weighted by atomic mass is 10.1. The van der Waals surface area contributed by atoms with Gasteiger partial charge in [0.25, 0.3) is 5.91 Å². The van der Waals surface area contributed by atoms with E-state index in [4.69, 9.17) is 27.9 Å². The van der Waals surface area contributed by atoms with Crippen LogP contribution in [0.2, 0.25) is 10.0 Å². The fraction of sp³-hybridized carbons (Fsp3) is 0.158. The van der Waals surface area contributed by atoms with Gasteiger partial charge in [-0.15, -0.1) is 0 Å². The molecule has 0 spiro atoms. The molecule has 1 amide bonds. The third-order valence-corrected chi connectivity index (χ3v) is 4.06. The maximum Gasteiger partial charge on any atom is 0.331 e. The number of ether oxygens (including phenoxy) is 1. The topological polar surface area (TPSA) is 55.4 Å². The Kier molecular flexibility index (Phi) is 7.18. The minimum Gasteiger partial charge on any atom is -0.452 e. The van der Waals surface area contributed by atoms with E-state index in [1.54, 1.807) is 31.2 Å². The highest BCUT2D eigenvalue weighted by Gasteiger charge is 2.11. The highest BCUT2D eigenvalue weighted by atomic mass is 35.5. The Morgan fingerprint density at radius 2 is 1.88 bits per heavy atom. The highest BCUT2D eigenvalue weighted by Crippen LogP contribution is 2.20. The quantitative estimate of drug-likeness (QED) is 0.575. The predicted octanol–water partition coefficient (Wildman–Crippen LogP) is 4.57. The van der Waals surface area contributed by atoms with E-state index < -0.39 is 24.3 Å². The van der Waals surface area contributed by atoms with E-state index >= 15 is 0 Å². The lowest BCUT2D eigenvalue weighted by Gasteiger charge is -2.14. The average molecular weight is 396 g/mol. The molecule has 0 aliphatic rings. The first-order valence-electron chi connectivity index (χ1n) is 7.70. The van der Waals surface area contributed by atoms with Crippen molar-refractivity contribution >= 4 is 41.2 Å². The highest BCUT2D eigenvalue weighted by molar-refractivity contribution is 6.32. The molecule has 0 saturated carbocycles. The number of esters is 1. The van der Waals surface area contributed by atoms with Crippen molar-refractivity contribution in [3.63, 3.8) is 0 Å². The number of nitrogens with one attached hydrogen (secondary N) is 1.